The van der Waals surface area contributed by atoms with Gasteiger partial charge in [-0.3, -0.25) is 4.79 Å². The molecule has 0 saturated carbocycles. The van der Waals surface area contributed by atoms with Gasteiger partial charge < -0.3 is 20.2 Å². The highest BCUT2D eigenvalue weighted by molar-refractivity contribution is 5.90. The van der Waals surface area contributed by atoms with Crippen molar-refractivity contribution in [2.24, 2.45) is 11.8 Å². The van der Waals surface area contributed by atoms with Crippen LogP contribution < -0.4 is 10.2 Å². The molecule has 2 N–H and O–H groups in total. The van der Waals surface area contributed by atoms with E-state index < -0.39 is 11.9 Å². The first kappa shape index (κ1) is 15.2. The fourth-order valence-corrected chi connectivity index (χ4v) is 2.50. The molecule has 6 heteroatoms. The minimum atomic E-state index is -0.840. The fourth-order valence-electron chi connectivity index (χ4n) is 2.50. The number of urea groups is 1. The van der Waals surface area contributed by atoms with E-state index in [0.717, 1.165) is 5.69 Å². The predicted molar refractivity (Wildman–Crippen MR) is 81.7 cm³/mol. The number of carboxylic acids is 1. The standard InChI is InChI=1S/C15H21N3O3/c1-10-8-18(9-13(10)14(19)20)15(21)16-11-4-6-12(7-5-11)17(2)3/h4-7,10,13H,8-9H2,1-3H3,(H,16,21)(H,19,20)/t10-,13-/m1/s1. The Balaban J connectivity index is 1.97. The maximum absolute atomic E-state index is 12.2. The number of anilines is 2. The van der Waals surface area contributed by atoms with Gasteiger partial charge in [-0.25, -0.2) is 4.79 Å². The molecular formula is C15H21N3O3. The van der Waals surface area contributed by atoms with E-state index in [4.69, 9.17) is 5.11 Å². The molecule has 0 aliphatic carbocycles. The molecule has 1 aromatic carbocycles. The Labute approximate surface area is 124 Å². The SMILES string of the molecule is C[C@@H]1CN(C(=O)Nc2ccc(N(C)C)cc2)C[C@H]1C(=O)O. The molecule has 0 radical (unpaired) electrons. The van der Waals surface area contributed by atoms with E-state index >= 15 is 0 Å². The van der Waals surface area contributed by atoms with Crippen LogP contribution in [0.3, 0.4) is 0 Å². The molecule has 0 bridgehead atoms. The number of likely N-dealkylation sites (tertiary alicyclic amines) is 1. The molecule has 1 aromatic rings. The van der Waals surface area contributed by atoms with Crippen molar-refractivity contribution in [3.63, 3.8) is 0 Å². The van der Waals surface area contributed by atoms with Gasteiger partial charge in [0.15, 0.2) is 0 Å². The monoisotopic (exact) mass is 291 g/mol. The molecule has 2 rings (SSSR count). The van der Waals surface area contributed by atoms with Crippen LogP contribution in [-0.2, 0) is 4.79 Å². The van der Waals surface area contributed by atoms with Crippen LogP contribution in [0, 0.1) is 11.8 Å². The van der Waals surface area contributed by atoms with Crippen molar-refractivity contribution >= 4 is 23.4 Å². The zero-order valence-corrected chi connectivity index (χ0v) is 12.5. The van der Waals surface area contributed by atoms with Gasteiger partial charge >= 0.3 is 12.0 Å². The van der Waals surface area contributed by atoms with Gasteiger partial charge in [-0.05, 0) is 30.2 Å². The molecule has 21 heavy (non-hydrogen) atoms. The van der Waals surface area contributed by atoms with Gasteiger partial charge in [-0.15, -0.1) is 0 Å². The summed E-state index contributed by atoms with van der Waals surface area (Å²) >= 11 is 0. The maximum atomic E-state index is 12.2. The highest BCUT2D eigenvalue weighted by Crippen LogP contribution is 2.24. The van der Waals surface area contributed by atoms with Crippen LogP contribution in [0.1, 0.15) is 6.92 Å². The van der Waals surface area contributed by atoms with Crippen molar-refractivity contribution in [3.05, 3.63) is 24.3 Å². The molecule has 1 saturated heterocycles. The van der Waals surface area contributed by atoms with Gasteiger partial charge in [0.2, 0.25) is 0 Å². The summed E-state index contributed by atoms with van der Waals surface area (Å²) in [6.45, 7) is 2.59. The summed E-state index contributed by atoms with van der Waals surface area (Å²) in [6.07, 6.45) is 0. The Morgan fingerprint density at radius 1 is 1.24 bits per heavy atom. The summed E-state index contributed by atoms with van der Waals surface area (Å²) in [5.74, 6) is -1.34. The van der Waals surface area contributed by atoms with E-state index in [0.29, 0.717) is 12.2 Å². The normalized spacial score (nSPS) is 21.2. The Hall–Kier alpha value is -2.24. The summed E-state index contributed by atoms with van der Waals surface area (Å²) in [7, 11) is 3.90. The summed E-state index contributed by atoms with van der Waals surface area (Å²) in [4.78, 5) is 26.8. The van der Waals surface area contributed by atoms with Crippen molar-refractivity contribution < 1.29 is 14.7 Å². The molecule has 2 amide bonds. The van der Waals surface area contributed by atoms with Crippen molar-refractivity contribution in [1.82, 2.24) is 4.90 Å². The molecule has 1 aliphatic heterocycles. The number of hydrogen-bond donors (Lipinski definition) is 2. The largest absolute Gasteiger partial charge is 0.481 e. The van der Waals surface area contributed by atoms with Gasteiger partial charge in [0.25, 0.3) is 0 Å². The lowest BCUT2D eigenvalue weighted by atomic mass is 9.99. The molecule has 1 heterocycles. The highest BCUT2D eigenvalue weighted by atomic mass is 16.4. The molecule has 114 valence electrons. The lowest BCUT2D eigenvalue weighted by molar-refractivity contribution is -0.142. The number of amides is 2. The number of carbonyl (C=O) groups excluding carboxylic acids is 1. The van der Waals surface area contributed by atoms with E-state index in [-0.39, 0.29) is 18.5 Å². The van der Waals surface area contributed by atoms with E-state index in [9.17, 15) is 9.59 Å². The van der Waals surface area contributed by atoms with Crippen LogP contribution in [0.5, 0.6) is 0 Å². The number of nitrogens with zero attached hydrogens (tertiary/aromatic N) is 2. The number of rotatable bonds is 3. The van der Waals surface area contributed by atoms with Gasteiger partial charge in [-0.2, -0.15) is 0 Å². The second-order valence-electron chi connectivity index (χ2n) is 5.70. The topological polar surface area (TPSA) is 72.9 Å². The van der Waals surface area contributed by atoms with Crippen LogP contribution in [0.4, 0.5) is 16.2 Å². The summed E-state index contributed by atoms with van der Waals surface area (Å²) in [5, 5.41) is 11.9. The molecule has 2 atom stereocenters. The zero-order valence-electron chi connectivity index (χ0n) is 12.5. The molecule has 1 fully saturated rings. The second-order valence-corrected chi connectivity index (χ2v) is 5.70. The first-order valence-corrected chi connectivity index (χ1v) is 6.94. The fraction of sp³-hybridized carbons (Fsp3) is 0.467. The van der Waals surface area contributed by atoms with Crippen molar-refractivity contribution in [2.45, 2.75) is 6.92 Å². The molecular weight excluding hydrogens is 270 g/mol. The molecule has 1 aliphatic rings. The lowest BCUT2D eigenvalue weighted by Gasteiger charge is -2.18. The number of carbonyl (C=O) groups is 2. The minimum Gasteiger partial charge on any atom is -0.481 e. The quantitative estimate of drug-likeness (QED) is 0.892. The predicted octanol–water partition coefficient (Wildman–Crippen LogP) is 1.94. The van der Waals surface area contributed by atoms with Crippen molar-refractivity contribution in [1.29, 1.82) is 0 Å². The van der Waals surface area contributed by atoms with Gasteiger partial charge in [0.1, 0.15) is 0 Å². The van der Waals surface area contributed by atoms with Gasteiger partial charge in [-0.1, -0.05) is 6.92 Å². The third-order valence-electron chi connectivity index (χ3n) is 3.85. The number of aliphatic carboxylic acids is 1. The van der Waals surface area contributed by atoms with Crippen LogP contribution in [-0.4, -0.2) is 49.2 Å². The van der Waals surface area contributed by atoms with E-state index in [2.05, 4.69) is 5.32 Å². The Kier molecular flexibility index (Phi) is 4.35. The lowest BCUT2D eigenvalue weighted by Crippen LogP contribution is -2.33. The average molecular weight is 291 g/mol. The third kappa shape index (κ3) is 3.45. The number of hydrogen-bond acceptors (Lipinski definition) is 3. The Morgan fingerprint density at radius 2 is 1.86 bits per heavy atom. The average Bonchev–Trinajstić information content (AvgIpc) is 2.81. The van der Waals surface area contributed by atoms with Crippen LogP contribution in [0.2, 0.25) is 0 Å². The van der Waals surface area contributed by atoms with Gasteiger partial charge in [0, 0.05) is 38.6 Å². The Bertz CT molecular complexity index is 527. The minimum absolute atomic E-state index is 0.0237. The second kappa shape index (κ2) is 6.03. The first-order valence-electron chi connectivity index (χ1n) is 6.94. The third-order valence-corrected chi connectivity index (χ3v) is 3.85. The number of benzene rings is 1. The number of nitrogens with one attached hydrogen (secondary N) is 1. The number of carboxylic acid groups (broad SMARTS) is 1. The van der Waals surface area contributed by atoms with Crippen molar-refractivity contribution in [3.8, 4) is 0 Å². The zero-order chi connectivity index (χ0) is 15.6. The molecule has 6 nitrogen and oxygen atoms in total. The summed E-state index contributed by atoms with van der Waals surface area (Å²) in [6, 6.07) is 7.26. The summed E-state index contributed by atoms with van der Waals surface area (Å²) < 4.78 is 0. The highest BCUT2D eigenvalue weighted by Gasteiger charge is 2.36. The van der Waals surface area contributed by atoms with Crippen molar-refractivity contribution in [2.75, 3.05) is 37.4 Å². The maximum Gasteiger partial charge on any atom is 0.321 e. The Morgan fingerprint density at radius 3 is 2.33 bits per heavy atom. The summed E-state index contributed by atoms with van der Waals surface area (Å²) in [5.41, 5.74) is 1.76. The smallest absolute Gasteiger partial charge is 0.321 e. The first-order chi connectivity index (χ1) is 9.88. The van der Waals surface area contributed by atoms with Crippen LogP contribution >= 0.6 is 0 Å². The molecule has 0 unspecified atom stereocenters. The van der Waals surface area contributed by atoms with E-state index in [1.54, 1.807) is 4.90 Å². The van der Waals surface area contributed by atoms with Crippen LogP contribution in [0.25, 0.3) is 0 Å². The van der Waals surface area contributed by atoms with Gasteiger partial charge in [0.05, 0.1) is 5.92 Å². The van der Waals surface area contributed by atoms with E-state index in [1.807, 2.05) is 50.2 Å². The van der Waals surface area contributed by atoms with E-state index in [1.165, 1.54) is 0 Å². The van der Waals surface area contributed by atoms with Crippen LogP contribution in [0.15, 0.2) is 24.3 Å². The molecule has 0 aromatic heterocycles. The molecule has 0 spiro atoms.